The summed E-state index contributed by atoms with van der Waals surface area (Å²) in [6.45, 7) is -0.0908. The zero-order chi connectivity index (χ0) is 22.8. The minimum atomic E-state index is -0.466. The van der Waals surface area contributed by atoms with E-state index in [0.29, 0.717) is 17.9 Å². The molecule has 0 radical (unpaired) electrons. The molecule has 166 valence electrons. The zero-order valence-electron chi connectivity index (χ0n) is 17.7. The smallest absolute Gasteiger partial charge is 0.308 e. The van der Waals surface area contributed by atoms with E-state index in [4.69, 9.17) is 4.74 Å². The van der Waals surface area contributed by atoms with Crippen molar-refractivity contribution in [3.05, 3.63) is 72.8 Å². The molecule has 0 unspecified atom stereocenters. The van der Waals surface area contributed by atoms with Crippen molar-refractivity contribution >= 4 is 52.3 Å². The van der Waals surface area contributed by atoms with Gasteiger partial charge in [0, 0.05) is 16.3 Å². The van der Waals surface area contributed by atoms with Crippen LogP contribution in [0.25, 0.3) is 0 Å². The number of ether oxygens (including phenoxy) is 1. The van der Waals surface area contributed by atoms with Crippen LogP contribution in [-0.4, -0.2) is 37.5 Å². The summed E-state index contributed by atoms with van der Waals surface area (Å²) < 4.78 is 5.28. The van der Waals surface area contributed by atoms with Crippen LogP contribution in [0, 0.1) is 0 Å². The molecule has 0 saturated heterocycles. The normalized spacial score (nSPS) is 14.0. The van der Waals surface area contributed by atoms with Crippen molar-refractivity contribution in [3.63, 3.8) is 0 Å². The summed E-state index contributed by atoms with van der Waals surface area (Å²) >= 11 is 1.70. The van der Waals surface area contributed by atoms with Gasteiger partial charge in [-0.1, -0.05) is 48.2 Å². The third-order valence-electron chi connectivity index (χ3n) is 5.50. The monoisotopic (exact) mass is 459 g/mol. The standard InChI is InChI=1S/C25H21N3O4S/c29-23-15-28(18-8-2-1-7-17(18)26-23)24(30)16-32-25(31)13-14-27-19-9-3-5-11-21(19)33-22-12-6-4-10-20(22)27/h1-12H,13-16H2,(H,26,29). The molecule has 2 aliphatic heterocycles. The van der Waals surface area contributed by atoms with Gasteiger partial charge in [0.05, 0.1) is 29.2 Å². The Hall–Kier alpha value is -3.78. The number of anilines is 4. The van der Waals surface area contributed by atoms with Crippen molar-refractivity contribution in [2.75, 3.05) is 34.8 Å². The summed E-state index contributed by atoms with van der Waals surface area (Å²) in [5.74, 6) is -1.18. The molecule has 2 heterocycles. The molecule has 3 aromatic carbocycles. The summed E-state index contributed by atoms with van der Waals surface area (Å²) in [6, 6.07) is 23.2. The van der Waals surface area contributed by atoms with Gasteiger partial charge in [0.15, 0.2) is 6.61 Å². The van der Waals surface area contributed by atoms with Crippen LogP contribution in [0.15, 0.2) is 82.6 Å². The predicted octanol–water partition coefficient (Wildman–Crippen LogP) is 4.21. The highest BCUT2D eigenvalue weighted by Gasteiger charge is 2.28. The predicted molar refractivity (Wildman–Crippen MR) is 127 cm³/mol. The number of fused-ring (bicyclic) bond motifs is 3. The summed E-state index contributed by atoms with van der Waals surface area (Å²) in [5.41, 5.74) is 3.24. The van der Waals surface area contributed by atoms with Crippen LogP contribution >= 0.6 is 11.8 Å². The van der Waals surface area contributed by atoms with E-state index < -0.39 is 18.5 Å². The van der Waals surface area contributed by atoms with Crippen molar-refractivity contribution in [1.82, 2.24) is 0 Å². The van der Waals surface area contributed by atoms with Crippen molar-refractivity contribution < 1.29 is 19.1 Å². The maximum absolute atomic E-state index is 12.7. The number of carbonyl (C=O) groups excluding carboxylic acids is 3. The summed E-state index contributed by atoms with van der Waals surface area (Å²) in [4.78, 5) is 42.8. The number of carbonyl (C=O) groups is 3. The Morgan fingerprint density at radius 1 is 0.879 bits per heavy atom. The molecule has 0 aliphatic carbocycles. The lowest BCUT2D eigenvalue weighted by Gasteiger charge is -2.32. The molecule has 7 nitrogen and oxygen atoms in total. The van der Waals surface area contributed by atoms with E-state index in [9.17, 15) is 14.4 Å². The maximum Gasteiger partial charge on any atom is 0.308 e. The molecular formula is C25H21N3O4S. The minimum absolute atomic E-state index is 0.105. The first-order chi connectivity index (χ1) is 16.1. The summed E-state index contributed by atoms with van der Waals surface area (Å²) in [5, 5.41) is 2.73. The third kappa shape index (κ3) is 4.29. The quantitative estimate of drug-likeness (QED) is 0.576. The van der Waals surface area contributed by atoms with Crippen molar-refractivity contribution in [2.24, 2.45) is 0 Å². The van der Waals surface area contributed by atoms with Gasteiger partial charge in [-0.3, -0.25) is 19.3 Å². The molecule has 0 fully saturated rings. The van der Waals surface area contributed by atoms with Crippen LogP contribution in [0.3, 0.4) is 0 Å². The van der Waals surface area contributed by atoms with Gasteiger partial charge in [-0.05, 0) is 36.4 Å². The van der Waals surface area contributed by atoms with Crippen LogP contribution < -0.4 is 15.1 Å². The number of hydrogen-bond donors (Lipinski definition) is 1. The average Bonchev–Trinajstić information content (AvgIpc) is 2.84. The first kappa shape index (κ1) is 21.1. The molecule has 5 rings (SSSR count). The molecule has 1 N–H and O–H groups in total. The molecular weight excluding hydrogens is 438 g/mol. The van der Waals surface area contributed by atoms with E-state index in [1.807, 2.05) is 36.4 Å². The largest absolute Gasteiger partial charge is 0.455 e. The Balaban J connectivity index is 1.23. The lowest BCUT2D eigenvalue weighted by Crippen LogP contribution is -2.44. The number of esters is 1. The molecule has 33 heavy (non-hydrogen) atoms. The van der Waals surface area contributed by atoms with Crippen LogP contribution in [0.1, 0.15) is 6.42 Å². The van der Waals surface area contributed by atoms with E-state index in [2.05, 4.69) is 22.3 Å². The van der Waals surface area contributed by atoms with Crippen LogP contribution in [0.5, 0.6) is 0 Å². The second-order valence-electron chi connectivity index (χ2n) is 7.65. The Morgan fingerprint density at radius 3 is 2.18 bits per heavy atom. The molecule has 0 spiro atoms. The fourth-order valence-electron chi connectivity index (χ4n) is 3.97. The number of rotatable bonds is 5. The van der Waals surface area contributed by atoms with Gasteiger partial charge in [0.2, 0.25) is 5.91 Å². The second kappa shape index (κ2) is 8.99. The third-order valence-corrected chi connectivity index (χ3v) is 6.63. The van der Waals surface area contributed by atoms with Crippen molar-refractivity contribution in [3.8, 4) is 0 Å². The number of amides is 2. The van der Waals surface area contributed by atoms with E-state index in [0.717, 1.165) is 21.2 Å². The van der Waals surface area contributed by atoms with Crippen LogP contribution in [-0.2, 0) is 19.1 Å². The van der Waals surface area contributed by atoms with E-state index in [-0.39, 0.29) is 18.9 Å². The van der Waals surface area contributed by atoms with Crippen LogP contribution in [0.2, 0.25) is 0 Å². The van der Waals surface area contributed by atoms with Gasteiger partial charge in [-0.2, -0.15) is 0 Å². The fourth-order valence-corrected chi connectivity index (χ4v) is 5.07. The van der Waals surface area contributed by atoms with Gasteiger partial charge in [0.25, 0.3) is 5.91 Å². The highest BCUT2D eigenvalue weighted by Crippen LogP contribution is 2.47. The lowest BCUT2D eigenvalue weighted by atomic mass is 10.2. The Labute approximate surface area is 195 Å². The lowest BCUT2D eigenvalue weighted by molar-refractivity contribution is -0.147. The number of nitrogens with zero attached hydrogens (tertiary/aromatic N) is 2. The fraction of sp³-hybridized carbons (Fsp3) is 0.160. The van der Waals surface area contributed by atoms with Gasteiger partial charge >= 0.3 is 5.97 Å². The van der Waals surface area contributed by atoms with E-state index in [1.54, 1.807) is 36.0 Å². The highest BCUT2D eigenvalue weighted by molar-refractivity contribution is 7.99. The van der Waals surface area contributed by atoms with Gasteiger partial charge < -0.3 is 15.0 Å². The second-order valence-corrected chi connectivity index (χ2v) is 8.73. The first-order valence-corrected chi connectivity index (χ1v) is 11.4. The SMILES string of the molecule is O=C1CN(C(=O)COC(=O)CCN2c3ccccc3Sc3ccccc32)c2ccccc2N1. The minimum Gasteiger partial charge on any atom is -0.455 e. The Kier molecular flexibility index (Phi) is 5.75. The first-order valence-electron chi connectivity index (χ1n) is 10.6. The number of para-hydroxylation sites is 4. The average molecular weight is 460 g/mol. The molecule has 0 aromatic heterocycles. The van der Waals surface area contributed by atoms with Gasteiger partial charge in [-0.15, -0.1) is 0 Å². The van der Waals surface area contributed by atoms with Crippen LogP contribution in [0.4, 0.5) is 22.7 Å². The molecule has 8 heteroatoms. The van der Waals surface area contributed by atoms with Crippen molar-refractivity contribution in [2.45, 2.75) is 16.2 Å². The van der Waals surface area contributed by atoms with E-state index >= 15 is 0 Å². The zero-order valence-corrected chi connectivity index (χ0v) is 18.5. The maximum atomic E-state index is 12.7. The molecule has 0 saturated carbocycles. The topological polar surface area (TPSA) is 79.0 Å². The molecule has 0 bridgehead atoms. The molecule has 2 amide bonds. The van der Waals surface area contributed by atoms with Gasteiger partial charge in [-0.25, -0.2) is 0 Å². The molecule has 0 atom stereocenters. The summed E-state index contributed by atoms with van der Waals surface area (Å²) in [6.07, 6.45) is 0.123. The summed E-state index contributed by atoms with van der Waals surface area (Å²) in [7, 11) is 0. The Morgan fingerprint density at radius 2 is 1.48 bits per heavy atom. The number of benzene rings is 3. The molecule has 3 aromatic rings. The van der Waals surface area contributed by atoms with Gasteiger partial charge in [0.1, 0.15) is 6.54 Å². The number of nitrogens with one attached hydrogen (secondary N) is 1. The van der Waals surface area contributed by atoms with Crippen molar-refractivity contribution in [1.29, 1.82) is 0 Å². The molecule has 2 aliphatic rings. The Bertz CT molecular complexity index is 1200. The number of hydrogen-bond acceptors (Lipinski definition) is 6. The van der Waals surface area contributed by atoms with E-state index in [1.165, 1.54) is 4.90 Å². The highest BCUT2D eigenvalue weighted by atomic mass is 32.2.